The predicted octanol–water partition coefficient (Wildman–Crippen LogP) is 2.36. The molecular weight excluding hydrogens is 280 g/mol. The lowest BCUT2D eigenvalue weighted by atomic mass is 10.3. The minimum absolute atomic E-state index is 0.163. The summed E-state index contributed by atoms with van der Waals surface area (Å²) in [5.74, 6) is 0.496. The summed E-state index contributed by atoms with van der Waals surface area (Å²) in [6.45, 7) is 3.78. The molecule has 2 aromatic rings. The first-order valence-electron chi connectivity index (χ1n) is 5.89. The van der Waals surface area contributed by atoms with E-state index in [1.54, 1.807) is 7.05 Å². The number of thiazole rings is 1. The van der Waals surface area contributed by atoms with Gasteiger partial charge in [-0.3, -0.25) is 10.1 Å². The molecule has 1 unspecified atom stereocenters. The van der Waals surface area contributed by atoms with Crippen LogP contribution < -0.4 is 10.6 Å². The number of nitrogens with one attached hydrogen (secondary N) is 2. The SMILES string of the molecule is CNc1ncc([N+](=O)[O-])c(NC(C)c2nc(C)cs2)n1. The number of rotatable bonds is 5. The molecule has 0 amide bonds. The summed E-state index contributed by atoms with van der Waals surface area (Å²) in [6, 6.07) is -0.174. The van der Waals surface area contributed by atoms with Gasteiger partial charge >= 0.3 is 5.69 Å². The summed E-state index contributed by atoms with van der Waals surface area (Å²) in [4.78, 5) is 22.8. The molecule has 0 aromatic carbocycles. The van der Waals surface area contributed by atoms with Crippen molar-refractivity contribution >= 4 is 28.8 Å². The van der Waals surface area contributed by atoms with E-state index >= 15 is 0 Å². The summed E-state index contributed by atoms with van der Waals surface area (Å²) in [6.07, 6.45) is 1.18. The largest absolute Gasteiger partial charge is 0.357 e. The first-order valence-corrected chi connectivity index (χ1v) is 6.77. The van der Waals surface area contributed by atoms with Crippen LogP contribution in [-0.2, 0) is 0 Å². The number of hydrogen-bond acceptors (Lipinski definition) is 8. The molecule has 8 nitrogen and oxygen atoms in total. The Kier molecular flexibility index (Phi) is 4.08. The quantitative estimate of drug-likeness (QED) is 0.644. The monoisotopic (exact) mass is 294 g/mol. The number of aryl methyl sites for hydroxylation is 1. The van der Waals surface area contributed by atoms with Gasteiger partial charge in [0.2, 0.25) is 11.8 Å². The molecule has 0 saturated heterocycles. The minimum atomic E-state index is -0.512. The summed E-state index contributed by atoms with van der Waals surface area (Å²) in [5, 5.41) is 19.5. The first kappa shape index (κ1) is 14.1. The minimum Gasteiger partial charge on any atom is -0.357 e. The normalized spacial score (nSPS) is 11.9. The molecule has 2 N–H and O–H groups in total. The lowest BCUT2D eigenvalue weighted by Crippen LogP contribution is -2.11. The third kappa shape index (κ3) is 2.99. The van der Waals surface area contributed by atoms with Gasteiger partial charge < -0.3 is 10.6 Å². The van der Waals surface area contributed by atoms with Crippen molar-refractivity contribution in [1.82, 2.24) is 15.0 Å². The molecule has 1 atom stereocenters. The molecule has 106 valence electrons. The van der Waals surface area contributed by atoms with Crippen LogP contribution in [0.2, 0.25) is 0 Å². The van der Waals surface area contributed by atoms with Crippen molar-refractivity contribution < 1.29 is 4.92 Å². The van der Waals surface area contributed by atoms with Gasteiger partial charge in [0, 0.05) is 18.1 Å². The highest BCUT2D eigenvalue weighted by Gasteiger charge is 2.20. The van der Waals surface area contributed by atoms with Gasteiger partial charge in [0.05, 0.1) is 11.0 Å². The predicted molar refractivity (Wildman–Crippen MR) is 77.1 cm³/mol. The van der Waals surface area contributed by atoms with Crippen molar-refractivity contribution in [2.24, 2.45) is 0 Å². The van der Waals surface area contributed by atoms with Gasteiger partial charge in [-0.1, -0.05) is 0 Å². The number of hydrogen-bond donors (Lipinski definition) is 2. The molecule has 0 bridgehead atoms. The van der Waals surface area contributed by atoms with Crippen molar-refractivity contribution in [2.45, 2.75) is 19.9 Å². The third-order valence-corrected chi connectivity index (χ3v) is 3.70. The van der Waals surface area contributed by atoms with E-state index in [-0.39, 0.29) is 17.5 Å². The van der Waals surface area contributed by atoms with Gasteiger partial charge in [-0.2, -0.15) is 4.98 Å². The number of aromatic nitrogens is 3. The Hall–Kier alpha value is -2.29. The van der Waals surface area contributed by atoms with Gasteiger partial charge in [-0.15, -0.1) is 11.3 Å². The van der Waals surface area contributed by atoms with Crippen LogP contribution in [0.4, 0.5) is 17.5 Å². The number of nitro groups is 1. The molecule has 2 rings (SSSR count). The Bertz CT molecular complexity index is 629. The maximum atomic E-state index is 11.0. The summed E-state index contributed by atoms with van der Waals surface area (Å²) >= 11 is 1.50. The van der Waals surface area contributed by atoms with E-state index in [0.29, 0.717) is 5.95 Å². The Morgan fingerprint density at radius 3 is 2.75 bits per heavy atom. The molecule has 0 aliphatic carbocycles. The molecule has 2 heterocycles. The highest BCUT2D eigenvalue weighted by atomic mass is 32.1. The Balaban J connectivity index is 2.29. The second kappa shape index (κ2) is 5.78. The lowest BCUT2D eigenvalue weighted by Gasteiger charge is -2.12. The van der Waals surface area contributed by atoms with Crippen LogP contribution in [0.1, 0.15) is 23.7 Å². The molecule has 0 spiro atoms. The van der Waals surface area contributed by atoms with Crippen LogP contribution >= 0.6 is 11.3 Å². The van der Waals surface area contributed by atoms with Crippen molar-refractivity contribution in [1.29, 1.82) is 0 Å². The standard InChI is InChI=1S/C11H14N6O2S/c1-6-5-20-10(14-6)7(2)15-9-8(17(18)19)4-13-11(12-3)16-9/h4-5,7H,1-3H3,(H2,12,13,15,16). The molecule has 20 heavy (non-hydrogen) atoms. The fraction of sp³-hybridized carbons (Fsp3) is 0.364. The van der Waals surface area contributed by atoms with Gasteiger partial charge in [0.1, 0.15) is 11.2 Å². The van der Waals surface area contributed by atoms with Crippen molar-refractivity contribution in [3.8, 4) is 0 Å². The maximum absolute atomic E-state index is 11.0. The molecule has 9 heteroatoms. The van der Waals surface area contributed by atoms with Gasteiger partial charge in [-0.05, 0) is 13.8 Å². The third-order valence-electron chi connectivity index (χ3n) is 2.55. The summed E-state index contributed by atoms with van der Waals surface area (Å²) < 4.78 is 0. The van der Waals surface area contributed by atoms with E-state index in [0.717, 1.165) is 10.7 Å². The van der Waals surface area contributed by atoms with Crippen LogP contribution in [0.25, 0.3) is 0 Å². The fourth-order valence-electron chi connectivity index (χ4n) is 1.57. The van der Waals surface area contributed by atoms with Gasteiger partial charge in [0.25, 0.3) is 0 Å². The van der Waals surface area contributed by atoms with Gasteiger partial charge in [0.15, 0.2) is 0 Å². The fourth-order valence-corrected chi connectivity index (χ4v) is 2.38. The Morgan fingerprint density at radius 2 is 2.20 bits per heavy atom. The van der Waals surface area contributed by atoms with E-state index in [2.05, 4.69) is 25.6 Å². The van der Waals surface area contributed by atoms with Crippen LogP contribution in [0.15, 0.2) is 11.6 Å². The van der Waals surface area contributed by atoms with E-state index < -0.39 is 4.92 Å². The maximum Gasteiger partial charge on any atom is 0.329 e. The molecule has 0 radical (unpaired) electrons. The molecule has 0 aliphatic rings. The lowest BCUT2D eigenvalue weighted by molar-refractivity contribution is -0.384. The van der Waals surface area contributed by atoms with E-state index in [9.17, 15) is 10.1 Å². The molecule has 0 fully saturated rings. The second-order valence-corrected chi connectivity index (χ2v) is 5.02. The van der Waals surface area contributed by atoms with Gasteiger partial charge in [-0.25, -0.2) is 9.97 Å². The topological polar surface area (TPSA) is 106 Å². The molecule has 0 saturated carbocycles. The molecule has 0 aliphatic heterocycles. The van der Waals surface area contributed by atoms with Crippen LogP contribution in [0.3, 0.4) is 0 Å². The van der Waals surface area contributed by atoms with E-state index in [1.165, 1.54) is 17.5 Å². The number of anilines is 2. The van der Waals surface area contributed by atoms with E-state index in [1.807, 2.05) is 19.2 Å². The first-order chi connectivity index (χ1) is 9.51. The Morgan fingerprint density at radius 1 is 1.45 bits per heavy atom. The zero-order valence-electron chi connectivity index (χ0n) is 11.2. The Labute approximate surface area is 119 Å². The summed E-state index contributed by atoms with van der Waals surface area (Å²) in [5.41, 5.74) is 0.760. The highest BCUT2D eigenvalue weighted by Crippen LogP contribution is 2.27. The zero-order chi connectivity index (χ0) is 14.7. The van der Waals surface area contributed by atoms with Crippen molar-refractivity contribution in [3.05, 3.63) is 32.4 Å². The average Bonchev–Trinajstić information content (AvgIpc) is 2.85. The zero-order valence-corrected chi connectivity index (χ0v) is 12.1. The average molecular weight is 294 g/mol. The van der Waals surface area contributed by atoms with Crippen LogP contribution in [0.5, 0.6) is 0 Å². The van der Waals surface area contributed by atoms with Crippen molar-refractivity contribution in [3.63, 3.8) is 0 Å². The van der Waals surface area contributed by atoms with E-state index in [4.69, 9.17) is 0 Å². The van der Waals surface area contributed by atoms with Crippen molar-refractivity contribution in [2.75, 3.05) is 17.7 Å². The summed E-state index contributed by atoms with van der Waals surface area (Å²) in [7, 11) is 1.65. The van der Waals surface area contributed by atoms with Crippen LogP contribution in [0, 0.1) is 17.0 Å². The second-order valence-electron chi connectivity index (χ2n) is 4.13. The molecule has 2 aromatic heterocycles. The number of nitrogens with zero attached hydrogens (tertiary/aromatic N) is 4. The smallest absolute Gasteiger partial charge is 0.329 e. The highest BCUT2D eigenvalue weighted by molar-refractivity contribution is 7.09. The molecular formula is C11H14N6O2S. The van der Waals surface area contributed by atoms with Crippen LogP contribution in [-0.4, -0.2) is 26.9 Å².